The smallest absolute Gasteiger partial charge is 0.123 e. The van der Waals surface area contributed by atoms with Gasteiger partial charge in [0, 0.05) is 31.7 Å². The molecule has 4 heteroatoms. The van der Waals surface area contributed by atoms with Gasteiger partial charge in [0.1, 0.15) is 5.82 Å². The zero-order valence-corrected chi connectivity index (χ0v) is 9.87. The molecule has 0 spiro atoms. The van der Waals surface area contributed by atoms with Gasteiger partial charge in [-0.15, -0.1) is 0 Å². The summed E-state index contributed by atoms with van der Waals surface area (Å²) in [4.78, 5) is 10.3. The van der Waals surface area contributed by atoms with Crippen LogP contribution in [0.1, 0.15) is 11.1 Å². The third kappa shape index (κ3) is 3.53. The Bertz CT molecular complexity index is 453. The van der Waals surface area contributed by atoms with Crippen molar-refractivity contribution in [1.29, 1.82) is 0 Å². The number of pyridine rings is 2. The van der Waals surface area contributed by atoms with Gasteiger partial charge in [0.2, 0.25) is 0 Å². The van der Waals surface area contributed by atoms with Gasteiger partial charge in [0.15, 0.2) is 0 Å². The quantitative estimate of drug-likeness (QED) is 0.865. The molecule has 0 atom stereocenters. The Hall–Kier alpha value is -1.94. The van der Waals surface area contributed by atoms with Crippen molar-refractivity contribution >= 4 is 5.82 Å². The minimum absolute atomic E-state index is 0.561. The van der Waals surface area contributed by atoms with E-state index in [-0.39, 0.29) is 0 Å². The van der Waals surface area contributed by atoms with Gasteiger partial charge in [-0.05, 0) is 36.4 Å². The van der Waals surface area contributed by atoms with E-state index in [0.717, 1.165) is 18.7 Å². The first-order chi connectivity index (χ1) is 8.24. The number of nitrogens with zero attached hydrogens (tertiary/aromatic N) is 3. The van der Waals surface area contributed by atoms with Gasteiger partial charge in [-0.1, -0.05) is 6.07 Å². The van der Waals surface area contributed by atoms with Gasteiger partial charge in [-0.25, -0.2) is 4.98 Å². The van der Waals surface area contributed by atoms with E-state index in [9.17, 15) is 0 Å². The van der Waals surface area contributed by atoms with Gasteiger partial charge in [0.05, 0.1) is 0 Å². The standard InChI is InChI=1S/C13H16N4/c1-17(9-11-4-6-15-7-5-11)10-12-2-3-13(14)16-8-12/h2-8H,9-10H2,1H3,(H2,14,16). The summed E-state index contributed by atoms with van der Waals surface area (Å²) in [5, 5.41) is 0. The Morgan fingerprint density at radius 2 is 1.76 bits per heavy atom. The van der Waals surface area contributed by atoms with Gasteiger partial charge in [-0.3, -0.25) is 9.88 Å². The van der Waals surface area contributed by atoms with Gasteiger partial charge >= 0.3 is 0 Å². The van der Waals surface area contributed by atoms with Crippen molar-refractivity contribution in [2.24, 2.45) is 0 Å². The molecule has 88 valence electrons. The lowest BCUT2D eigenvalue weighted by Gasteiger charge is -2.16. The predicted molar refractivity (Wildman–Crippen MR) is 68.1 cm³/mol. The summed E-state index contributed by atoms with van der Waals surface area (Å²) in [7, 11) is 2.08. The molecule has 0 aliphatic rings. The van der Waals surface area contributed by atoms with Crippen LogP contribution in [0.3, 0.4) is 0 Å². The van der Waals surface area contributed by atoms with Crippen molar-refractivity contribution in [3.8, 4) is 0 Å². The van der Waals surface area contributed by atoms with Crippen LogP contribution in [0, 0.1) is 0 Å². The Labute approximate surface area is 101 Å². The van der Waals surface area contributed by atoms with Crippen molar-refractivity contribution in [1.82, 2.24) is 14.9 Å². The highest BCUT2D eigenvalue weighted by Gasteiger charge is 2.01. The van der Waals surface area contributed by atoms with Gasteiger partial charge in [0.25, 0.3) is 0 Å². The molecular formula is C13H16N4. The number of nitrogens with two attached hydrogens (primary N) is 1. The summed E-state index contributed by atoms with van der Waals surface area (Å²) in [6.45, 7) is 1.75. The first-order valence-corrected chi connectivity index (χ1v) is 5.52. The summed E-state index contributed by atoms with van der Waals surface area (Å²) in [5.74, 6) is 0.561. The molecule has 0 saturated carbocycles. The van der Waals surface area contributed by atoms with Crippen molar-refractivity contribution in [3.63, 3.8) is 0 Å². The number of aromatic nitrogens is 2. The molecule has 0 saturated heterocycles. The van der Waals surface area contributed by atoms with E-state index in [1.54, 1.807) is 0 Å². The summed E-state index contributed by atoms with van der Waals surface area (Å²) in [6.07, 6.45) is 5.44. The first-order valence-electron chi connectivity index (χ1n) is 5.52. The number of anilines is 1. The molecule has 0 aliphatic carbocycles. The van der Waals surface area contributed by atoms with Crippen LogP contribution in [0.25, 0.3) is 0 Å². The molecule has 2 heterocycles. The third-order valence-electron chi connectivity index (χ3n) is 2.50. The summed E-state index contributed by atoms with van der Waals surface area (Å²) in [6, 6.07) is 7.89. The van der Waals surface area contributed by atoms with Crippen LogP contribution in [0.4, 0.5) is 5.82 Å². The van der Waals surface area contributed by atoms with E-state index in [4.69, 9.17) is 5.73 Å². The van der Waals surface area contributed by atoms with Gasteiger partial charge in [-0.2, -0.15) is 0 Å². The summed E-state index contributed by atoms with van der Waals surface area (Å²) in [5.41, 5.74) is 7.97. The fourth-order valence-electron chi connectivity index (χ4n) is 1.70. The predicted octanol–water partition coefficient (Wildman–Crippen LogP) is 1.69. The van der Waals surface area contributed by atoms with E-state index in [2.05, 4.69) is 21.9 Å². The van der Waals surface area contributed by atoms with E-state index >= 15 is 0 Å². The lowest BCUT2D eigenvalue weighted by Crippen LogP contribution is -2.17. The zero-order chi connectivity index (χ0) is 12.1. The van der Waals surface area contributed by atoms with E-state index in [1.165, 1.54) is 5.56 Å². The molecular weight excluding hydrogens is 212 g/mol. The highest BCUT2D eigenvalue weighted by molar-refractivity contribution is 5.29. The van der Waals surface area contributed by atoms with Crippen LogP contribution >= 0.6 is 0 Å². The van der Waals surface area contributed by atoms with Crippen molar-refractivity contribution in [3.05, 3.63) is 54.0 Å². The molecule has 4 nitrogen and oxygen atoms in total. The Balaban J connectivity index is 1.93. The number of hydrogen-bond acceptors (Lipinski definition) is 4. The Morgan fingerprint density at radius 3 is 2.41 bits per heavy atom. The molecule has 0 aromatic carbocycles. The average molecular weight is 228 g/mol. The molecule has 0 fully saturated rings. The summed E-state index contributed by atoms with van der Waals surface area (Å²) < 4.78 is 0. The number of hydrogen-bond donors (Lipinski definition) is 1. The molecule has 17 heavy (non-hydrogen) atoms. The minimum Gasteiger partial charge on any atom is -0.384 e. The maximum atomic E-state index is 5.55. The Kier molecular flexibility index (Phi) is 3.67. The third-order valence-corrected chi connectivity index (χ3v) is 2.50. The van der Waals surface area contributed by atoms with Crippen LogP contribution in [0.2, 0.25) is 0 Å². The molecule has 2 aromatic rings. The second-order valence-electron chi connectivity index (χ2n) is 4.12. The van der Waals surface area contributed by atoms with E-state index in [1.807, 2.05) is 42.9 Å². The summed E-state index contributed by atoms with van der Waals surface area (Å²) >= 11 is 0. The van der Waals surface area contributed by atoms with Crippen molar-refractivity contribution in [2.45, 2.75) is 13.1 Å². The molecule has 0 unspecified atom stereocenters. The van der Waals surface area contributed by atoms with Gasteiger partial charge < -0.3 is 5.73 Å². The second-order valence-corrected chi connectivity index (χ2v) is 4.12. The van der Waals surface area contributed by atoms with Crippen molar-refractivity contribution in [2.75, 3.05) is 12.8 Å². The normalized spacial score (nSPS) is 10.7. The number of rotatable bonds is 4. The minimum atomic E-state index is 0.561. The average Bonchev–Trinajstić information content (AvgIpc) is 2.33. The lowest BCUT2D eigenvalue weighted by atomic mass is 10.2. The van der Waals surface area contributed by atoms with Crippen LogP contribution in [0.15, 0.2) is 42.9 Å². The maximum absolute atomic E-state index is 5.55. The fraction of sp³-hybridized carbons (Fsp3) is 0.231. The Morgan fingerprint density at radius 1 is 1.06 bits per heavy atom. The van der Waals surface area contributed by atoms with Crippen LogP contribution in [-0.4, -0.2) is 21.9 Å². The SMILES string of the molecule is CN(Cc1ccncc1)Cc1ccc(N)nc1. The first kappa shape index (κ1) is 11.5. The fourth-order valence-corrected chi connectivity index (χ4v) is 1.70. The molecule has 0 bridgehead atoms. The largest absolute Gasteiger partial charge is 0.384 e. The highest BCUT2D eigenvalue weighted by Crippen LogP contribution is 2.07. The highest BCUT2D eigenvalue weighted by atomic mass is 15.1. The molecule has 0 radical (unpaired) electrons. The second kappa shape index (κ2) is 5.41. The maximum Gasteiger partial charge on any atom is 0.123 e. The molecule has 2 rings (SSSR count). The van der Waals surface area contributed by atoms with E-state index < -0.39 is 0 Å². The number of nitrogen functional groups attached to an aromatic ring is 1. The molecule has 2 aromatic heterocycles. The monoisotopic (exact) mass is 228 g/mol. The van der Waals surface area contributed by atoms with E-state index in [0.29, 0.717) is 5.82 Å². The lowest BCUT2D eigenvalue weighted by molar-refractivity contribution is 0.318. The molecule has 0 aliphatic heterocycles. The van der Waals surface area contributed by atoms with Crippen LogP contribution in [-0.2, 0) is 13.1 Å². The van der Waals surface area contributed by atoms with Crippen molar-refractivity contribution < 1.29 is 0 Å². The van der Waals surface area contributed by atoms with Crippen LogP contribution < -0.4 is 5.73 Å². The molecule has 0 amide bonds. The zero-order valence-electron chi connectivity index (χ0n) is 9.87. The van der Waals surface area contributed by atoms with Crippen LogP contribution in [0.5, 0.6) is 0 Å². The topological polar surface area (TPSA) is 55.0 Å². The molecule has 2 N–H and O–H groups in total.